The number of quaternary nitrogens is 2. The highest BCUT2D eigenvalue weighted by molar-refractivity contribution is 5.94. The summed E-state index contributed by atoms with van der Waals surface area (Å²) in [6.07, 6.45) is -0.223. The van der Waals surface area contributed by atoms with Gasteiger partial charge in [-0.05, 0) is 12.5 Å². The number of carbonyl (C=O) groups is 2. The van der Waals surface area contributed by atoms with E-state index in [-0.39, 0.29) is 12.1 Å². The Morgan fingerprint density at radius 2 is 1.92 bits per heavy atom. The first-order valence-corrected chi connectivity index (χ1v) is 8.19. The lowest BCUT2D eigenvalue weighted by Gasteiger charge is -2.33. The van der Waals surface area contributed by atoms with Gasteiger partial charge in [0.1, 0.15) is 32.2 Å². The van der Waals surface area contributed by atoms with Crippen molar-refractivity contribution in [3.05, 3.63) is 33.9 Å². The van der Waals surface area contributed by atoms with Gasteiger partial charge in [-0.15, -0.1) is 0 Å². The zero-order valence-corrected chi connectivity index (χ0v) is 14.3. The average molecular weight is 351 g/mol. The number of amides is 1. The zero-order valence-electron chi connectivity index (χ0n) is 14.3. The zero-order chi connectivity index (χ0) is 18.6. The number of rotatable bonds is 6. The second-order valence-corrected chi connectivity index (χ2v) is 6.50. The van der Waals surface area contributed by atoms with Crippen LogP contribution in [0.3, 0.4) is 0 Å². The molecule has 1 heterocycles. The van der Waals surface area contributed by atoms with Crippen LogP contribution in [0.25, 0.3) is 0 Å². The number of carboxylic acids is 1. The van der Waals surface area contributed by atoms with E-state index in [1.165, 1.54) is 17.0 Å². The molecule has 3 N–H and O–H groups in total. The Kier molecular flexibility index (Phi) is 6.05. The summed E-state index contributed by atoms with van der Waals surface area (Å²) >= 11 is 0. The van der Waals surface area contributed by atoms with Crippen LogP contribution in [-0.2, 0) is 9.59 Å². The number of nitrogens with zero attached hydrogens (tertiary/aromatic N) is 1. The van der Waals surface area contributed by atoms with Gasteiger partial charge in [-0.1, -0.05) is 6.07 Å². The molecule has 1 saturated heterocycles. The summed E-state index contributed by atoms with van der Waals surface area (Å²) in [5, 5.41) is 24.9. The molecule has 25 heavy (non-hydrogen) atoms. The monoisotopic (exact) mass is 351 g/mol. The normalized spacial score (nSPS) is 21.4. The van der Waals surface area contributed by atoms with Gasteiger partial charge < -0.3 is 25.0 Å². The molecule has 0 saturated carbocycles. The maximum absolute atomic E-state index is 12.3. The molecule has 0 radical (unpaired) electrons. The summed E-state index contributed by atoms with van der Waals surface area (Å²) < 4.78 is 0. The topological polar surface area (TPSA) is 121 Å². The van der Waals surface area contributed by atoms with E-state index in [1.54, 1.807) is 13.0 Å². The Labute approximate surface area is 145 Å². The van der Waals surface area contributed by atoms with Crippen LogP contribution in [0.5, 0.6) is 0 Å². The van der Waals surface area contributed by atoms with Crippen molar-refractivity contribution in [2.24, 2.45) is 0 Å². The van der Waals surface area contributed by atoms with Crippen molar-refractivity contribution in [1.82, 2.24) is 0 Å². The standard InChI is InChI=1S/C16H22N4O5/c1-11-3-4-12(20(24)25)9-13(11)17-15(21)10-14(16(22)23)19-7-5-18(2)6-8-19/h3-4,9,14H,5-8,10H2,1-2H3,(H,17,21)(H,22,23)/p+1/t14-/m1/s1. The van der Waals surface area contributed by atoms with Crippen LogP contribution in [0.2, 0.25) is 0 Å². The molecule has 1 fully saturated rings. The maximum atomic E-state index is 12.3. The predicted molar refractivity (Wildman–Crippen MR) is 87.2 cm³/mol. The highest BCUT2D eigenvalue weighted by Crippen LogP contribution is 2.21. The van der Waals surface area contributed by atoms with E-state index >= 15 is 0 Å². The molecule has 1 aliphatic heterocycles. The third-order valence-electron chi connectivity index (χ3n) is 4.62. The van der Waals surface area contributed by atoms with E-state index < -0.39 is 22.8 Å². The molecule has 0 bridgehead atoms. The number of nitrogens with one attached hydrogen (secondary N) is 3. The molecule has 1 aromatic carbocycles. The fourth-order valence-electron chi connectivity index (χ4n) is 2.99. The van der Waals surface area contributed by atoms with Gasteiger partial charge in [0.15, 0.2) is 0 Å². The van der Waals surface area contributed by atoms with E-state index in [0.29, 0.717) is 24.3 Å². The number of nitro groups is 1. The maximum Gasteiger partial charge on any atom is 0.271 e. The highest BCUT2D eigenvalue weighted by atomic mass is 16.6. The van der Waals surface area contributed by atoms with Crippen LogP contribution in [0.1, 0.15) is 12.0 Å². The molecule has 0 spiro atoms. The van der Waals surface area contributed by atoms with Gasteiger partial charge >= 0.3 is 0 Å². The van der Waals surface area contributed by atoms with E-state index in [2.05, 4.69) is 5.32 Å². The van der Waals surface area contributed by atoms with Crippen molar-refractivity contribution in [2.75, 3.05) is 38.5 Å². The number of aliphatic carboxylic acids is 1. The Balaban J connectivity index is 2.05. The molecule has 1 atom stereocenters. The second-order valence-electron chi connectivity index (χ2n) is 6.50. The molecular formula is C16H23N4O5+. The fraction of sp³-hybridized carbons (Fsp3) is 0.500. The average Bonchev–Trinajstić information content (AvgIpc) is 2.55. The van der Waals surface area contributed by atoms with Gasteiger partial charge in [-0.2, -0.15) is 0 Å². The van der Waals surface area contributed by atoms with Crippen molar-refractivity contribution in [3.8, 4) is 0 Å². The van der Waals surface area contributed by atoms with Crippen molar-refractivity contribution >= 4 is 23.3 Å². The van der Waals surface area contributed by atoms with Crippen molar-refractivity contribution in [3.63, 3.8) is 0 Å². The molecule has 0 aromatic heterocycles. The molecular weight excluding hydrogens is 328 g/mol. The first kappa shape index (κ1) is 18.8. The Bertz CT molecular complexity index is 670. The molecule has 0 unspecified atom stereocenters. The minimum absolute atomic E-state index is 0.134. The van der Waals surface area contributed by atoms with E-state index in [1.807, 2.05) is 7.05 Å². The number of non-ortho nitro benzene ring substituents is 1. The lowest BCUT2D eigenvalue weighted by atomic mass is 10.1. The van der Waals surface area contributed by atoms with Gasteiger partial charge in [0.2, 0.25) is 5.91 Å². The summed E-state index contributed by atoms with van der Waals surface area (Å²) in [5.74, 6) is -1.74. The first-order valence-electron chi connectivity index (χ1n) is 8.19. The van der Waals surface area contributed by atoms with Crippen LogP contribution in [0, 0.1) is 17.0 Å². The predicted octanol–water partition coefficient (Wildman–Crippen LogP) is -3.24. The largest absolute Gasteiger partial charge is 0.544 e. The number of piperazine rings is 1. The molecule has 136 valence electrons. The number of hydrogen-bond donors (Lipinski definition) is 3. The smallest absolute Gasteiger partial charge is 0.271 e. The third-order valence-corrected chi connectivity index (χ3v) is 4.62. The number of benzene rings is 1. The Hall–Kier alpha value is -2.52. The van der Waals surface area contributed by atoms with Gasteiger partial charge in [0, 0.05) is 12.1 Å². The van der Waals surface area contributed by atoms with Crippen LogP contribution in [0.4, 0.5) is 11.4 Å². The summed E-state index contributed by atoms with van der Waals surface area (Å²) in [7, 11) is 2.04. The number of hydrogen-bond acceptors (Lipinski definition) is 5. The minimum atomic E-state index is -1.25. The molecule has 0 aliphatic carbocycles. The number of carbonyl (C=O) groups excluding carboxylic acids is 2. The lowest BCUT2D eigenvalue weighted by Crippen LogP contribution is -3.29. The molecule has 9 nitrogen and oxygen atoms in total. The molecule has 1 aliphatic rings. The SMILES string of the molecule is Cc1ccc([N+](=O)[O-])cc1NC(=O)C[C@H](C(=O)[O-])[NH+]1CC[NH+](C)CC1. The molecule has 2 rings (SSSR count). The summed E-state index contributed by atoms with van der Waals surface area (Å²) in [6.45, 7) is 4.71. The third kappa shape index (κ3) is 4.97. The van der Waals surface area contributed by atoms with Crippen molar-refractivity contribution < 1.29 is 29.4 Å². The Morgan fingerprint density at radius 1 is 1.28 bits per heavy atom. The van der Waals surface area contributed by atoms with Crippen molar-refractivity contribution in [1.29, 1.82) is 0 Å². The van der Waals surface area contributed by atoms with Gasteiger partial charge in [0.05, 0.1) is 30.0 Å². The quantitative estimate of drug-likeness (QED) is 0.367. The van der Waals surface area contributed by atoms with Gasteiger partial charge in [-0.3, -0.25) is 14.9 Å². The van der Waals surface area contributed by atoms with Crippen molar-refractivity contribution in [2.45, 2.75) is 19.4 Å². The van der Waals surface area contributed by atoms with Gasteiger partial charge in [0.25, 0.3) is 5.69 Å². The molecule has 1 aromatic rings. The van der Waals surface area contributed by atoms with E-state index in [0.717, 1.165) is 18.0 Å². The first-order chi connectivity index (χ1) is 11.8. The number of carboxylic acid groups (broad SMARTS) is 1. The minimum Gasteiger partial charge on any atom is -0.544 e. The van der Waals surface area contributed by atoms with Crippen LogP contribution in [0.15, 0.2) is 18.2 Å². The molecule has 9 heteroatoms. The lowest BCUT2D eigenvalue weighted by molar-refractivity contribution is -1.01. The van der Waals surface area contributed by atoms with Crippen LogP contribution in [-0.4, -0.2) is 56.1 Å². The van der Waals surface area contributed by atoms with Gasteiger partial charge in [-0.25, -0.2) is 0 Å². The number of likely N-dealkylation sites (N-methyl/N-ethyl adjacent to an activating group) is 1. The van der Waals surface area contributed by atoms with Crippen LogP contribution >= 0.6 is 0 Å². The highest BCUT2D eigenvalue weighted by Gasteiger charge is 2.31. The Morgan fingerprint density at radius 3 is 2.48 bits per heavy atom. The summed E-state index contributed by atoms with van der Waals surface area (Å²) in [6, 6.07) is 3.24. The number of aryl methyl sites for hydroxylation is 1. The fourth-order valence-corrected chi connectivity index (χ4v) is 2.99. The molecule has 1 amide bonds. The van der Waals surface area contributed by atoms with E-state index in [9.17, 15) is 24.8 Å². The van der Waals surface area contributed by atoms with Crippen LogP contribution < -0.4 is 20.2 Å². The second kappa shape index (κ2) is 8.04. The summed E-state index contributed by atoms with van der Waals surface area (Å²) in [4.78, 5) is 36.2. The number of nitro benzene ring substituents is 1. The van der Waals surface area contributed by atoms with E-state index in [4.69, 9.17) is 0 Å². The summed E-state index contributed by atoms with van der Waals surface area (Å²) in [5.41, 5.74) is 0.846. The number of anilines is 1.